The summed E-state index contributed by atoms with van der Waals surface area (Å²) in [7, 11) is 0. The molecule has 0 aliphatic heterocycles. The minimum Gasteiger partial charge on any atom is -0.309 e. The van der Waals surface area contributed by atoms with Gasteiger partial charge in [0.05, 0.1) is 27.9 Å². The fourth-order valence-corrected chi connectivity index (χ4v) is 8.26. The molecule has 7 aromatic carbocycles. The molecule has 0 amide bonds. The first-order chi connectivity index (χ1) is 27.8. The van der Waals surface area contributed by atoms with Crippen LogP contribution in [0.25, 0.3) is 100 Å². The van der Waals surface area contributed by atoms with Crippen molar-refractivity contribution in [2.75, 3.05) is 0 Å². The van der Waals surface area contributed by atoms with Gasteiger partial charge in [-0.1, -0.05) is 133 Å². The van der Waals surface area contributed by atoms with Gasteiger partial charge in [-0.2, -0.15) is 0 Å². The van der Waals surface area contributed by atoms with Crippen molar-refractivity contribution in [2.24, 2.45) is 0 Å². The van der Waals surface area contributed by atoms with E-state index < -0.39 is 0 Å². The third-order valence-electron chi connectivity index (χ3n) is 10.8. The molecule has 0 saturated carbocycles. The van der Waals surface area contributed by atoms with Crippen LogP contribution in [0.1, 0.15) is 0 Å². The molecule has 56 heavy (non-hydrogen) atoms. The molecule has 0 spiro atoms. The van der Waals surface area contributed by atoms with Crippen molar-refractivity contribution in [1.29, 1.82) is 0 Å². The number of hydrogen-bond donors (Lipinski definition) is 0. The summed E-state index contributed by atoms with van der Waals surface area (Å²) >= 11 is 0. The van der Waals surface area contributed by atoms with E-state index in [0.717, 1.165) is 67.0 Å². The number of hydrogen-bond acceptors (Lipinski definition) is 3. The van der Waals surface area contributed by atoms with Crippen LogP contribution >= 0.6 is 0 Å². The van der Waals surface area contributed by atoms with E-state index in [0.29, 0.717) is 5.82 Å². The van der Waals surface area contributed by atoms with Gasteiger partial charge in [-0.05, 0) is 71.8 Å². The molecule has 262 valence electrons. The van der Waals surface area contributed by atoms with Crippen LogP contribution in [0.5, 0.6) is 0 Å². The summed E-state index contributed by atoms with van der Waals surface area (Å²) in [5.74, 6) is 0.693. The van der Waals surface area contributed by atoms with E-state index in [2.05, 4.69) is 161 Å². The van der Waals surface area contributed by atoms with E-state index in [1.165, 1.54) is 27.4 Å². The van der Waals surface area contributed by atoms with Gasteiger partial charge in [-0.25, -0.2) is 15.0 Å². The highest BCUT2D eigenvalue weighted by atomic mass is 15.0. The number of nitrogens with zero attached hydrogens (tertiary/aromatic N) is 5. The summed E-state index contributed by atoms with van der Waals surface area (Å²) in [4.78, 5) is 15.1. The molecule has 11 aromatic rings. The Kier molecular flexibility index (Phi) is 7.42. The van der Waals surface area contributed by atoms with Gasteiger partial charge in [0.15, 0.2) is 5.82 Å². The predicted octanol–water partition coefficient (Wildman–Crippen LogP) is 12.7. The van der Waals surface area contributed by atoms with Gasteiger partial charge in [0.25, 0.3) is 0 Å². The lowest BCUT2D eigenvalue weighted by molar-refractivity contribution is 1.13. The second-order valence-electron chi connectivity index (χ2n) is 14.1. The molecule has 0 radical (unpaired) electrons. The van der Waals surface area contributed by atoms with E-state index >= 15 is 0 Å². The molecule has 4 aromatic heterocycles. The summed E-state index contributed by atoms with van der Waals surface area (Å²) in [5.41, 5.74) is 13.6. The SMILES string of the molecule is c1ccc(-c2cc(-c3cccc(-n4c5cc(-c6cccc7c6c6ccccc6n7-c6ccccc6)ccc5c5cccnc54)c3)nc(-c3ccccc3)n2)cc1. The predicted molar refractivity (Wildman–Crippen MR) is 230 cm³/mol. The third kappa shape index (κ3) is 5.21. The van der Waals surface area contributed by atoms with Crippen LogP contribution in [0.4, 0.5) is 0 Å². The molecular formula is C51H33N5. The van der Waals surface area contributed by atoms with E-state index in [1.807, 2.05) is 48.7 Å². The van der Waals surface area contributed by atoms with E-state index in [9.17, 15) is 0 Å². The first-order valence-corrected chi connectivity index (χ1v) is 18.9. The quantitative estimate of drug-likeness (QED) is 0.172. The second-order valence-corrected chi connectivity index (χ2v) is 14.1. The van der Waals surface area contributed by atoms with Gasteiger partial charge in [0, 0.05) is 55.8 Å². The van der Waals surface area contributed by atoms with Crippen LogP contribution in [0.15, 0.2) is 200 Å². The lowest BCUT2D eigenvalue weighted by Crippen LogP contribution is -1.98. The minimum atomic E-state index is 0.693. The van der Waals surface area contributed by atoms with Crippen molar-refractivity contribution in [3.63, 3.8) is 0 Å². The molecule has 5 heteroatoms. The average Bonchev–Trinajstić information content (AvgIpc) is 3.80. The maximum atomic E-state index is 5.14. The minimum absolute atomic E-state index is 0.693. The summed E-state index contributed by atoms with van der Waals surface area (Å²) < 4.78 is 4.67. The van der Waals surface area contributed by atoms with Crippen molar-refractivity contribution in [1.82, 2.24) is 24.1 Å². The van der Waals surface area contributed by atoms with Crippen LogP contribution in [-0.4, -0.2) is 24.1 Å². The molecule has 0 fully saturated rings. The van der Waals surface area contributed by atoms with Gasteiger partial charge in [0.1, 0.15) is 5.65 Å². The Morgan fingerprint density at radius 3 is 1.82 bits per heavy atom. The van der Waals surface area contributed by atoms with E-state index in [-0.39, 0.29) is 0 Å². The van der Waals surface area contributed by atoms with Crippen LogP contribution in [-0.2, 0) is 0 Å². The molecule has 5 nitrogen and oxygen atoms in total. The average molecular weight is 716 g/mol. The van der Waals surface area contributed by atoms with Crippen LogP contribution < -0.4 is 0 Å². The largest absolute Gasteiger partial charge is 0.309 e. The molecule has 0 bridgehead atoms. The number of fused-ring (bicyclic) bond motifs is 6. The zero-order chi connectivity index (χ0) is 37.0. The van der Waals surface area contributed by atoms with Gasteiger partial charge in [-0.15, -0.1) is 0 Å². The molecule has 0 N–H and O–H groups in total. The standard InChI is InChI=1S/C51H33N5/c1-4-15-34(16-5-1)44-33-45(54-50(53-44)35-17-6-2-7-18-35)37-19-12-22-39(31-37)56-48-32-36(28-29-41(48)42-25-14-30-52-51(42)56)40-24-13-27-47-49(40)43-23-10-11-26-46(43)55(47)38-20-8-3-9-21-38/h1-33H. The molecule has 0 saturated heterocycles. The lowest BCUT2D eigenvalue weighted by atomic mass is 9.98. The molecule has 0 unspecified atom stereocenters. The van der Waals surface area contributed by atoms with Crippen molar-refractivity contribution in [3.8, 4) is 56.4 Å². The highest BCUT2D eigenvalue weighted by molar-refractivity contribution is 6.17. The lowest BCUT2D eigenvalue weighted by Gasteiger charge is -2.12. The number of benzene rings is 7. The molecule has 0 aliphatic rings. The number of aromatic nitrogens is 5. The maximum absolute atomic E-state index is 5.14. The van der Waals surface area contributed by atoms with E-state index in [1.54, 1.807) is 0 Å². The summed E-state index contributed by atoms with van der Waals surface area (Å²) in [5, 5.41) is 4.73. The highest BCUT2D eigenvalue weighted by Crippen LogP contribution is 2.41. The third-order valence-corrected chi connectivity index (χ3v) is 10.8. The zero-order valence-electron chi connectivity index (χ0n) is 30.3. The smallest absolute Gasteiger partial charge is 0.160 e. The topological polar surface area (TPSA) is 48.5 Å². The Morgan fingerprint density at radius 2 is 1.00 bits per heavy atom. The van der Waals surface area contributed by atoms with Crippen molar-refractivity contribution < 1.29 is 0 Å². The summed E-state index contributed by atoms with van der Waals surface area (Å²) in [6.07, 6.45) is 1.88. The van der Waals surface area contributed by atoms with Crippen molar-refractivity contribution in [2.45, 2.75) is 0 Å². The maximum Gasteiger partial charge on any atom is 0.160 e. The normalized spacial score (nSPS) is 11.6. The second kappa shape index (κ2) is 13.0. The van der Waals surface area contributed by atoms with Gasteiger partial charge in [0.2, 0.25) is 0 Å². The number of rotatable bonds is 6. The number of pyridine rings is 1. The summed E-state index contributed by atoms with van der Waals surface area (Å²) in [6, 6.07) is 68.3. The van der Waals surface area contributed by atoms with Crippen LogP contribution in [0.3, 0.4) is 0 Å². The van der Waals surface area contributed by atoms with Crippen molar-refractivity contribution >= 4 is 43.7 Å². The van der Waals surface area contributed by atoms with Crippen LogP contribution in [0, 0.1) is 0 Å². The monoisotopic (exact) mass is 715 g/mol. The molecule has 4 heterocycles. The Balaban J connectivity index is 1.11. The molecule has 0 atom stereocenters. The molecule has 11 rings (SSSR count). The molecular weight excluding hydrogens is 683 g/mol. The first-order valence-electron chi connectivity index (χ1n) is 18.9. The summed E-state index contributed by atoms with van der Waals surface area (Å²) in [6.45, 7) is 0. The Morgan fingerprint density at radius 1 is 0.357 bits per heavy atom. The highest BCUT2D eigenvalue weighted by Gasteiger charge is 2.19. The Labute approximate surface area is 323 Å². The fourth-order valence-electron chi connectivity index (χ4n) is 8.26. The van der Waals surface area contributed by atoms with Crippen molar-refractivity contribution in [3.05, 3.63) is 200 Å². The Hall–Kier alpha value is -7.63. The Bertz CT molecular complexity index is 3180. The first kappa shape index (κ1) is 31.9. The molecule has 0 aliphatic carbocycles. The van der Waals surface area contributed by atoms with Gasteiger partial charge in [-0.3, -0.25) is 4.57 Å². The number of para-hydroxylation sites is 2. The fraction of sp³-hybridized carbons (Fsp3) is 0. The van der Waals surface area contributed by atoms with Gasteiger partial charge < -0.3 is 4.57 Å². The van der Waals surface area contributed by atoms with Crippen LogP contribution in [0.2, 0.25) is 0 Å². The zero-order valence-corrected chi connectivity index (χ0v) is 30.3. The van der Waals surface area contributed by atoms with Gasteiger partial charge >= 0.3 is 0 Å². The van der Waals surface area contributed by atoms with E-state index in [4.69, 9.17) is 15.0 Å².